The Bertz CT molecular complexity index is 1050. The summed E-state index contributed by atoms with van der Waals surface area (Å²) in [4.78, 5) is 27.2. The summed E-state index contributed by atoms with van der Waals surface area (Å²) in [5.74, 6) is -0.156. The van der Waals surface area contributed by atoms with Gasteiger partial charge in [-0.2, -0.15) is 0 Å². The van der Waals surface area contributed by atoms with Crippen molar-refractivity contribution in [2.45, 2.75) is 13.5 Å². The molecule has 4 N–H and O–H groups in total. The molecule has 0 aliphatic heterocycles. The summed E-state index contributed by atoms with van der Waals surface area (Å²) >= 11 is 0. The van der Waals surface area contributed by atoms with Gasteiger partial charge in [-0.15, -0.1) is 0 Å². The van der Waals surface area contributed by atoms with Crippen LogP contribution < -0.4 is 21.3 Å². The van der Waals surface area contributed by atoms with Crippen molar-refractivity contribution >= 4 is 16.8 Å². The second-order valence-corrected chi connectivity index (χ2v) is 6.16. The monoisotopic (exact) mass is 369 g/mol. The van der Waals surface area contributed by atoms with Gasteiger partial charge in [-0.3, -0.25) is 9.59 Å². The van der Waals surface area contributed by atoms with E-state index in [-0.39, 0.29) is 18.0 Å². The number of rotatable bonds is 6. The SMILES string of the molecule is Cc1ccc(C(=O)NCc2cc3ccc(F)cc3[nH]c2=O)cc1OCCN. The summed E-state index contributed by atoms with van der Waals surface area (Å²) in [7, 11) is 0. The lowest BCUT2D eigenvalue weighted by atomic mass is 10.1. The van der Waals surface area contributed by atoms with E-state index < -0.39 is 5.82 Å². The zero-order valence-corrected chi connectivity index (χ0v) is 14.8. The van der Waals surface area contributed by atoms with Crippen LogP contribution in [0.1, 0.15) is 21.5 Å². The van der Waals surface area contributed by atoms with Gasteiger partial charge in [-0.25, -0.2) is 4.39 Å². The molecule has 3 aromatic rings. The number of nitrogens with two attached hydrogens (primary N) is 1. The van der Waals surface area contributed by atoms with Gasteiger partial charge in [0, 0.05) is 24.2 Å². The number of aromatic nitrogens is 1. The largest absolute Gasteiger partial charge is 0.492 e. The second kappa shape index (κ2) is 8.01. The smallest absolute Gasteiger partial charge is 0.253 e. The minimum Gasteiger partial charge on any atom is -0.492 e. The van der Waals surface area contributed by atoms with Crippen molar-refractivity contribution in [3.8, 4) is 5.75 Å². The van der Waals surface area contributed by atoms with Gasteiger partial charge in [0.15, 0.2) is 0 Å². The molecule has 0 aliphatic rings. The molecule has 0 atom stereocenters. The van der Waals surface area contributed by atoms with Crippen LogP contribution in [-0.4, -0.2) is 24.0 Å². The fourth-order valence-electron chi connectivity index (χ4n) is 2.69. The maximum Gasteiger partial charge on any atom is 0.253 e. The minimum absolute atomic E-state index is 0.0500. The lowest BCUT2D eigenvalue weighted by molar-refractivity contribution is 0.0950. The number of halogens is 1. The maximum absolute atomic E-state index is 13.3. The molecule has 1 heterocycles. The van der Waals surface area contributed by atoms with Crippen molar-refractivity contribution in [1.29, 1.82) is 0 Å². The van der Waals surface area contributed by atoms with Crippen LogP contribution in [0.25, 0.3) is 10.9 Å². The van der Waals surface area contributed by atoms with Crippen molar-refractivity contribution in [3.05, 3.63) is 75.3 Å². The molecule has 0 bridgehead atoms. The number of fused-ring (bicyclic) bond motifs is 1. The number of amides is 1. The number of carbonyl (C=O) groups excluding carboxylic acids is 1. The van der Waals surface area contributed by atoms with E-state index in [2.05, 4.69) is 10.3 Å². The van der Waals surface area contributed by atoms with Crippen LogP contribution in [0.4, 0.5) is 4.39 Å². The molecule has 2 aromatic carbocycles. The molecule has 27 heavy (non-hydrogen) atoms. The van der Waals surface area contributed by atoms with Gasteiger partial charge in [0.05, 0.1) is 5.52 Å². The first kappa shape index (κ1) is 18.6. The number of nitrogens with one attached hydrogen (secondary N) is 2. The van der Waals surface area contributed by atoms with Crippen LogP contribution in [0.3, 0.4) is 0 Å². The fourth-order valence-corrected chi connectivity index (χ4v) is 2.69. The van der Waals surface area contributed by atoms with Crippen molar-refractivity contribution in [2.75, 3.05) is 13.2 Å². The van der Waals surface area contributed by atoms with E-state index >= 15 is 0 Å². The summed E-state index contributed by atoms with van der Waals surface area (Å²) in [5.41, 5.74) is 7.19. The molecule has 140 valence electrons. The average molecular weight is 369 g/mol. The number of carbonyl (C=O) groups is 1. The Morgan fingerprint density at radius 3 is 2.81 bits per heavy atom. The van der Waals surface area contributed by atoms with Gasteiger partial charge in [0.2, 0.25) is 0 Å². The predicted octanol–water partition coefficient (Wildman–Crippen LogP) is 2.24. The van der Waals surface area contributed by atoms with Gasteiger partial charge in [0.1, 0.15) is 18.2 Å². The summed E-state index contributed by atoms with van der Waals surface area (Å²) in [5, 5.41) is 3.41. The Hall–Kier alpha value is -3.19. The van der Waals surface area contributed by atoms with Crippen LogP contribution in [0, 0.1) is 12.7 Å². The normalized spacial score (nSPS) is 10.8. The van der Waals surface area contributed by atoms with E-state index in [0.29, 0.717) is 40.9 Å². The van der Waals surface area contributed by atoms with E-state index in [1.165, 1.54) is 12.1 Å². The lowest BCUT2D eigenvalue weighted by Crippen LogP contribution is -2.26. The minimum atomic E-state index is -0.425. The number of H-pyrrole nitrogens is 1. The highest BCUT2D eigenvalue weighted by Gasteiger charge is 2.11. The molecule has 0 radical (unpaired) electrons. The molecular formula is C20H20FN3O3. The molecule has 6 nitrogen and oxygen atoms in total. The molecular weight excluding hydrogens is 349 g/mol. The molecule has 0 saturated carbocycles. The number of ether oxygens (including phenoxy) is 1. The molecule has 0 spiro atoms. The molecule has 0 fully saturated rings. The van der Waals surface area contributed by atoms with Gasteiger partial charge in [-0.05, 0) is 54.3 Å². The second-order valence-electron chi connectivity index (χ2n) is 6.16. The standard InChI is InChI=1S/C20H20FN3O3/c1-12-2-3-14(9-18(12)27-7-6-22)19(25)23-11-15-8-13-4-5-16(21)10-17(13)24-20(15)26/h2-5,8-10H,6-7,11,22H2,1H3,(H,23,25)(H,24,26). The first-order valence-corrected chi connectivity index (χ1v) is 8.51. The van der Waals surface area contributed by atoms with E-state index in [1.807, 2.05) is 6.92 Å². The number of pyridine rings is 1. The third kappa shape index (κ3) is 4.32. The van der Waals surface area contributed by atoms with Crippen LogP contribution in [0.5, 0.6) is 5.75 Å². The lowest BCUT2D eigenvalue weighted by Gasteiger charge is -2.11. The molecule has 7 heteroatoms. The maximum atomic E-state index is 13.3. The van der Waals surface area contributed by atoms with Crippen LogP contribution >= 0.6 is 0 Å². The Labute approximate surface area is 155 Å². The predicted molar refractivity (Wildman–Crippen MR) is 101 cm³/mol. The van der Waals surface area contributed by atoms with Gasteiger partial charge in [-0.1, -0.05) is 6.07 Å². The van der Waals surface area contributed by atoms with Crippen LogP contribution in [-0.2, 0) is 6.54 Å². The Morgan fingerprint density at radius 2 is 2.04 bits per heavy atom. The van der Waals surface area contributed by atoms with Gasteiger partial charge < -0.3 is 20.8 Å². The first-order valence-electron chi connectivity index (χ1n) is 8.51. The molecule has 0 unspecified atom stereocenters. The van der Waals surface area contributed by atoms with E-state index in [4.69, 9.17) is 10.5 Å². The zero-order valence-electron chi connectivity index (χ0n) is 14.8. The molecule has 0 saturated heterocycles. The van der Waals surface area contributed by atoms with Crippen molar-refractivity contribution < 1.29 is 13.9 Å². The summed E-state index contributed by atoms with van der Waals surface area (Å²) in [6.45, 7) is 2.67. The molecule has 0 aliphatic carbocycles. The third-order valence-electron chi connectivity index (χ3n) is 4.15. The van der Waals surface area contributed by atoms with Gasteiger partial charge in [0.25, 0.3) is 11.5 Å². The summed E-state index contributed by atoms with van der Waals surface area (Å²) in [6, 6.07) is 10.9. The highest BCUT2D eigenvalue weighted by Crippen LogP contribution is 2.19. The Kier molecular flexibility index (Phi) is 5.52. The number of hydrogen-bond acceptors (Lipinski definition) is 4. The summed E-state index contributed by atoms with van der Waals surface area (Å²) < 4.78 is 18.8. The highest BCUT2D eigenvalue weighted by molar-refractivity contribution is 5.94. The zero-order chi connectivity index (χ0) is 19.4. The van der Waals surface area contributed by atoms with Crippen molar-refractivity contribution in [2.24, 2.45) is 5.73 Å². The fraction of sp³-hybridized carbons (Fsp3) is 0.200. The Balaban J connectivity index is 1.76. The quantitative estimate of drug-likeness (QED) is 0.621. The topological polar surface area (TPSA) is 97.2 Å². The number of hydrogen-bond donors (Lipinski definition) is 3. The Morgan fingerprint density at radius 1 is 1.22 bits per heavy atom. The van der Waals surface area contributed by atoms with E-state index in [1.54, 1.807) is 30.3 Å². The van der Waals surface area contributed by atoms with Crippen molar-refractivity contribution in [1.82, 2.24) is 10.3 Å². The van der Waals surface area contributed by atoms with E-state index in [9.17, 15) is 14.0 Å². The first-order chi connectivity index (χ1) is 13.0. The third-order valence-corrected chi connectivity index (χ3v) is 4.15. The number of aryl methyl sites for hydroxylation is 1. The van der Waals surface area contributed by atoms with E-state index in [0.717, 1.165) is 5.56 Å². The number of benzene rings is 2. The van der Waals surface area contributed by atoms with Crippen LogP contribution in [0.2, 0.25) is 0 Å². The van der Waals surface area contributed by atoms with Crippen LogP contribution in [0.15, 0.2) is 47.3 Å². The van der Waals surface area contributed by atoms with Crippen molar-refractivity contribution in [3.63, 3.8) is 0 Å². The number of aromatic amines is 1. The van der Waals surface area contributed by atoms with Gasteiger partial charge >= 0.3 is 0 Å². The molecule has 3 rings (SSSR count). The highest BCUT2D eigenvalue weighted by atomic mass is 19.1. The molecule has 1 aromatic heterocycles. The average Bonchev–Trinajstić information content (AvgIpc) is 2.65. The molecule has 1 amide bonds. The summed E-state index contributed by atoms with van der Waals surface area (Å²) in [6.07, 6.45) is 0.